The van der Waals surface area contributed by atoms with Crippen LogP contribution in [0.3, 0.4) is 0 Å². The molecule has 0 saturated carbocycles. The molecular weight excluding hydrogens is 260 g/mol. The van der Waals surface area contributed by atoms with E-state index in [4.69, 9.17) is 9.47 Å². The molecular formula is C14H18N2O2S. The number of ether oxygens (including phenoxy) is 2. The monoisotopic (exact) mass is 278 g/mol. The Hall–Kier alpha value is -1.36. The van der Waals surface area contributed by atoms with E-state index in [1.165, 1.54) is 5.56 Å². The van der Waals surface area contributed by atoms with Gasteiger partial charge in [0.2, 0.25) is 0 Å². The third-order valence-electron chi connectivity index (χ3n) is 3.10. The molecule has 1 aromatic carbocycles. The normalized spacial score (nSPS) is 21.1. The van der Waals surface area contributed by atoms with Crippen molar-refractivity contribution in [1.82, 2.24) is 5.32 Å². The fourth-order valence-corrected chi connectivity index (χ4v) is 3.00. The summed E-state index contributed by atoms with van der Waals surface area (Å²) < 4.78 is 11.1. The fourth-order valence-electron chi connectivity index (χ4n) is 2.13. The fraction of sp³-hybridized carbons (Fsp3) is 0.500. The van der Waals surface area contributed by atoms with Crippen LogP contribution in [0.2, 0.25) is 0 Å². The Morgan fingerprint density at radius 3 is 2.95 bits per heavy atom. The van der Waals surface area contributed by atoms with E-state index in [0.717, 1.165) is 36.2 Å². The number of nitrogens with one attached hydrogen (secondary N) is 1. The predicted molar refractivity (Wildman–Crippen MR) is 78.5 cm³/mol. The first kappa shape index (κ1) is 12.7. The summed E-state index contributed by atoms with van der Waals surface area (Å²) in [5, 5.41) is 5.06. The lowest BCUT2D eigenvalue weighted by Crippen LogP contribution is -2.22. The van der Waals surface area contributed by atoms with Gasteiger partial charge in [-0.25, -0.2) is 0 Å². The zero-order chi connectivity index (χ0) is 13.1. The molecule has 1 N–H and O–H groups in total. The first-order valence-electron chi connectivity index (χ1n) is 6.65. The van der Waals surface area contributed by atoms with Gasteiger partial charge in [-0.3, -0.25) is 4.99 Å². The molecule has 0 aromatic heterocycles. The molecule has 0 spiro atoms. The van der Waals surface area contributed by atoms with Gasteiger partial charge in [0.25, 0.3) is 0 Å². The third-order valence-corrected chi connectivity index (χ3v) is 4.15. The van der Waals surface area contributed by atoms with Gasteiger partial charge in [-0.05, 0) is 24.1 Å². The number of amidine groups is 1. The highest BCUT2D eigenvalue weighted by molar-refractivity contribution is 8.14. The number of aliphatic imine (C=N–C) groups is 1. The second-order valence-corrected chi connectivity index (χ2v) is 6.16. The van der Waals surface area contributed by atoms with Gasteiger partial charge in [0.15, 0.2) is 16.7 Å². The Morgan fingerprint density at radius 2 is 2.16 bits per heavy atom. The standard InChI is InChI=1S/C14H18N2O2S/c1-10-9-16-14(19-10)15-5-4-11-2-3-12-13(8-11)18-7-6-17-12/h2-3,8,10H,4-7,9H2,1H3,(H,15,16). The van der Waals surface area contributed by atoms with E-state index >= 15 is 0 Å². The van der Waals surface area contributed by atoms with Gasteiger partial charge in [-0.1, -0.05) is 24.8 Å². The van der Waals surface area contributed by atoms with Crippen molar-refractivity contribution in [3.05, 3.63) is 23.8 Å². The van der Waals surface area contributed by atoms with Crippen molar-refractivity contribution in [2.75, 3.05) is 26.3 Å². The van der Waals surface area contributed by atoms with Crippen LogP contribution in [0, 0.1) is 0 Å². The Kier molecular flexibility index (Phi) is 3.82. The van der Waals surface area contributed by atoms with E-state index in [1.807, 2.05) is 17.8 Å². The lowest BCUT2D eigenvalue weighted by Gasteiger charge is -2.18. The average molecular weight is 278 g/mol. The number of benzene rings is 1. The smallest absolute Gasteiger partial charge is 0.161 e. The lowest BCUT2D eigenvalue weighted by atomic mass is 10.1. The molecule has 5 heteroatoms. The van der Waals surface area contributed by atoms with E-state index in [-0.39, 0.29) is 0 Å². The van der Waals surface area contributed by atoms with Crippen LogP contribution in [0.5, 0.6) is 11.5 Å². The van der Waals surface area contributed by atoms with Crippen LogP contribution in [0.25, 0.3) is 0 Å². The summed E-state index contributed by atoms with van der Waals surface area (Å²) in [7, 11) is 0. The van der Waals surface area contributed by atoms with Gasteiger partial charge in [0.1, 0.15) is 13.2 Å². The Labute approximate surface area is 117 Å². The molecule has 2 aliphatic rings. The summed E-state index contributed by atoms with van der Waals surface area (Å²) >= 11 is 1.82. The first-order valence-corrected chi connectivity index (χ1v) is 7.53. The van der Waals surface area contributed by atoms with Crippen LogP contribution >= 0.6 is 11.8 Å². The van der Waals surface area contributed by atoms with Gasteiger partial charge in [-0.2, -0.15) is 0 Å². The van der Waals surface area contributed by atoms with Crippen molar-refractivity contribution < 1.29 is 9.47 Å². The van der Waals surface area contributed by atoms with E-state index in [2.05, 4.69) is 29.4 Å². The highest BCUT2D eigenvalue weighted by atomic mass is 32.2. The molecule has 1 unspecified atom stereocenters. The highest BCUT2D eigenvalue weighted by Gasteiger charge is 2.14. The molecule has 1 aromatic rings. The minimum absolute atomic E-state index is 0.608. The van der Waals surface area contributed by atoms with Crippen LogP contribution < -0.4 is 14.8 Å². The lowest BCUT2D eigenvalue weighted by molar-refractivity contribution is 0.171. The van der Waals surface area contributed by atoms with Crippen molar-refractivity contribution in [2.24, 2.45) is 4.99 Å². The van der Waals surface area contributed by atoms with Gasteiger partial charge in [0, 0.05) is 11.8 Å². The Morgan fingerprint density at radius 1 is 1.32 bits per heavy atom. The molecule has 2 heterocycles. The van der Waals surface area contributed by atoms with Gasteiger partial charge in [0.05, 0.1) is 6.54 Å². The van der Waals surface area contributed by atoms with Gasteiger partial charge >= 0.3 is 0 Å². The quantitative estimate of drug-likeness (QED) is 0.919. The maximum atomic E-state index is 5.58. The van der Waals surface area contributed by atoms with E-state index in [0.29, 0.717) is 18.5 Å². The summed E-state index contributed by atoms with van der Waals surface area (Å²) in [6, 6.07) is 6.16. The van der Waals surface area contributed by atoms with Crippen LogP contribution in [0.4, 0.5) is 0 Å². The predicted octanol–water partition coefficient (Wildman–Crippen LogP) is 2.08. The van der Waals surface area contributed by atoms with Crippen molar-refractivity contribution in [2.45, 2.75) is 18.6 Å². The van der Waals surface area contributed by atoms with Gasteiger partial charge < -0.3 is 14.8 Å². The number of hydrogen-bond donors (Lipinski definition) is 1. The number of nitrogens with zero attached hydrogens (tertiary/aromatic N) is 1. The minimum Gasteiger partial charge on any atom is -0.486 e. The molecule has 2 aliphatic heterocycles. The van der Waals surface area contributed by atoms with Crippen molar-refractivity contribution >= 4 is 16.9 Å². The molecule has 0 fully saturated rings. The third kappa shape index (κ3) is 3.15. The van der Waals surface area contributed by atoms with Crippen LogP contribution in [-0.4, -0.2) is 36.7 Å². The second kappa shape index (κ2) is 5.74. The number of rotatable bonds is 3. The summed E-state index contributed by atoms with van der Waals surface area (Å²) in [6.45, 7) is 5.31. The highest BCUT2D eigenvalue weighted by Crippen LogP contribution is 2.30. The maximum absolute atomic E-state index is 5.58. The molecule has 4 nitrogen and oxygen atoms in total. The largest absolute Gasteiger partial charge is 0.486 e. The SMILES string of the molecule is CC1CN=C(NCCc2ccc3c(c2)OCCO3)S1. The molecule has 0 aliphatic carbocycles. The zero-order valence-electron chi connectivity index (χ0n) is 11.0. The molecule has 3 rings (SSSR count). The molecule has 0 bridgehead atoms. The Bertz CT molecular complexity index is 490. The van der Waals surface area contributed by atoms with Gasteiger partial charge in [-0.15, -0.1) is 0 Å². The van der Waals surface area contributed by atoms with Crippen LogP contribution in [0.15, 0.2) is 23.2 Å². The molecule has 0 saturated heterocycles. The van der Waals surface area contributed by atoms with Crippen molar-refractivity contribution in [3.63, 3.8) is 0 Å². The van der Waals surface area contributed by atoms with Crippen molar-refractivity contribution in [1.29, 1.82) is 0 Å². The molecule has 19 heavy (non-hydrogen) atoms. The molecule has 1 atom stereocenters. The minimum atomic E-state index is 0.608. The van der Waals surface area contributed by atoms with Crippen LogP contribution in [-0.2, 0) is 6.42 Å². The Balaban J connectivity index is 1.53. The number of hydrogen-bond acceptors (Lipinski definition) is 5. The number of thioether (sulfide) groups is 1. The van der Waals surface area contributed by atoms with Crippen LogP contribution in [0.1, 0.15) is 12.5 Å². The summed E-state index contributed by atoms with van der Waals surface area (Å²) in [4.78, 5) is 4.44. The van der Waals surface area contributed by atoms with E-state index < -0.39 is 0 Å². The first-order chi connectivity index (χ1) is 9.31. The van der Waals surface area contributed by atoms with Crippen molar-refractivity contribution in [3.8, 4) is 11.5 Å². The average Bonchev–Trinajstić information content (AvgIpc) is 2.84. The summed E-state index contributed by atoms with van der Waals surface area (Å²) in [6.07, 6.45) is 0.963. The molecule has 0 radical (unpaired) electrons. The zero-order valence-corrected chi connectivity index (χ0v) is 11.8. The second-order valence-electron chi connectivity index (χ2n) is 4.73. The maximum Gasteiger partial charge on any atom is 0.161 e. The molecule has 102 valence electrons. The summed E-state index contributed by atoms with van der Waals surface area (Å²) in [5.74, 6) is 1.72. The summed E-state index contributed by atoms with van der Waals surface area (Å²) in [5.41, 5.74) is 1.26. The topological polar surface area (TPSA) is 42.9 Å². The number of fused-ring (bicyclic) bond motifs is 1. The molecule has 0 amide bonds. The van der Waals surface area contributed by atoms with E-state index in [1.54, 1.807) is 0 Å². The van der Waals surface area contributed by atoms with E-state index in [9.17, 15) is 0 Å².